The van der Waals surface area contributed by atoms with Gasteiger partial charge in [-0.15, -0.1) is 11.3 Å². The highest BCUT2D eigenvalue weighted by Crippen LogP contribution is 2.55. The highest BCUT2D eigenvalue weighted by atomic mass is 32.1. The summed E-state index contributed by atoms with van der Waals surface area (Å²) in [5, 5.41) is 11.9. The van der Waals surface area contributed by atoms with E-state index in [2.05, 4.69) is 140 Å². The van der Waals surface area contributed by atoms with E-state index in [0.29, 0.717) is 6.54 Å². The van der Waals surface area contributed by atoms with E-state index in [9.17, 15) is 0 Å². The van der Waals surface area contributed by atoms with Gasteiger partial charge in [0.2, 0.25) is 0 Å². The largest absolute Gasteiger partial charge is 0.330 e. The Labute approximate surface area is 271 Å². The van der Waals surface area contributed by atoms with Gasteiger partial charge in [0.05, 0.1) is 0 Å². The molecule has 8 aromatic carbocycles. The Morgan fingerprint density at radius 2 is 1.04 bits per heavy atom. The maximum absolute atomic E-state index is 6.19. The Morgan fingerprint density at radius 3 is 1.76 bits per heavy atom. The van der Waals surface area contributed by atoms with Crippen molar-refractivity contribution in [2.24, 2.45) is 5.73 Å². The Kier molecular flexibility index (Phi) is 5.57. The molecule has 1 aromatic heterocycles. The van der Waals surface area contributed by atoms with Crippen LogP contribution in [0.3, 0.4) is 0 Å². The maximum Gasteiger partial charge on any atom is 0.0440 e. The van der Waals surface area contributed by atoms with Gasteiger partial charge in [0.25, 0.3) is 0 Å². The van der Waals surface area contributed by atoms with Crippen molar-refractivity contribution in [2.75, 3.05) is 6.54 Å². The average molecular weight is 604 g/mol. The topological polar surface area (TPSA) is 26.0 Å². The van der Waals surface area contributed by atoms with Gasteiger partial charge < -0.3 is 5.73 Å². The highest BCUT2D eigenvalue weighted by molar-refractivity contribution is 7.23. The minimum absolute atomic E-state index is 0.632. The number of rotatable bonds is 4. The summed E-state index contributed by atoms with van der Waals surface area (Å²) in [6.07, 6.45) is 0.862. The SMILES string of the molecule is NCCc1cc(-c2cccc(-c3ccc4c5ccccc5c5ccccc5c4c3)c2)cc2c3c(sc12)-c1cccc2cccc-3c12. The van der Waals surface area contributed by atoms with Crippen molar-refractivity contribution < 1.29 is 0 Å². The first-order valence-electron chi connectivity index (χ1n) is 16.0. The van der Waals surface area contributed by atoms with E-state index < -0.39 is 0 Å². The molecular formula is C44H29NS. The standard InChI is InChI=1S/C44H29NS/c45-21-20-30-23-31(25-40-42-37-16-6-8-26-9-7-17-38(41(26)37)44(42)46-43(30)40)28-11-5-10-27(22-28)29-18-19-36-34-14-2-1-12-32(34)33-13-3-4-15-35(33)39(36)24-29/h1-19,22-25H,20-21,45H2. The van der Waals surface area contributed by atoms with Gasteiger partial charge in [-0.1, -0.05) is 115 Å². The summed E-state index contributed by atoms with van der Waals surface area (Å²) in [5.41, 5.74) is 16.6. The molecule has 0 bridgehead atoms. The lowest BCUT2D eigenvalue weighted by molar-refractivity contribution is 0.979. The van der Waals surface area contributed by atoms with E-state index in [0.717, 1.165) is 6.42 Å². The Balaban J connectivity index is 1.16. The third-order valence-electron chi connectivity index (χ3n) is 9.97. The molecule has 1 heterocycles. The van der Waals surface area contributed by atoms with E-state index in [4.69, 9.17) is 5.73 Å². The molecule has 2 N–H and O–H groups in total. The smallest absolute Gasteiger partial charge is 0.0440 e. The number of thiophene rings is 1. The monoisotopic (exact) mass is 603 g/mol. The van der Waals surface area contributed by atoms with Crippen LogP contribution in [0.1, 0.15) is 5.56 Å². The van der Waals surface area contributed by atoms with Crippen molar-refractivity contribution in [3.05, 3.63) is 145 Å². The number of hydrogen-bond acceptors (Lipinski definition) is 2. The molecule has 10 rings (SSSR count). The van der Waals surface area contributed by atoms with Crippen molar-refractivity contribution in [1.82, 2.24) is 0 Å². The van der Waals surface area contributed by atoms with Gasteiger partial charge in [0.15, 0.2) is 0 Å². The molecule has 0 aliphatic heterocycles. The van der Waals surface area contributed by atoms with E-state index in [1.165, 1.54) is 103 Å². The predicted molar refractivity (Wildman–Crippen MR) is 200 cm³/mol. The van der Waals surface area contributed by atoms with Crippen LogP contribution in [0.2, 0.25) is 0 Å². The van der Waals surface area contributed by atoms with Gasteiger partial charge >= 0.3 is 0 Å². The molecule has 0 atom stereocenters. The fourth-order valence-corrected chi connectivity index (χ4v) is 9.31. The summed E-state index contributed by atoms with van der Waals surface area (Å²) in [7, 11) is 0. The lowest BCUT2D eigenvalue weighted by atomic mass is 9.91. The molecular weight excluding hydrogens is 575 g/mol. The van der Waals surface area contributed by atoms with Crippen LogP contribution in [0.15, 0.2) is 140 Å². The van der Waals surface area contributed by atoms with Gasteiger partial charge in [-0.3, -0.25) is 0 Å². The van der Waals surface area contributed by atoms with Crippen LogP contribution in [0, 0.1) is 0 Å². The fraction of sp³-hybridized carbons (Fsp3) is 0.0455. The molecule has 0 fully saturated rings. The van der Waals surface area contributed by atoms with Crippen LogP contribution in [-0.4, -0.2) is 6.54 Å². The van der Waals surface area contributed by atoms with Crippen LogP contribution in [0.4, 0.5) is 0 Å². The molecule has 46 heavy (non-hydrogen) atoms. The van der Waals surface area contributed by atoms with Crippen LogP contribution in [0.5, 0.6) is 0 Å². The molecule has 0 spiro atoms. The molecule has 1 aliphatic rings. The van der Waals surface area contributed by atoms with Crippen LogP contribution < -0.4 is 5.73 Å². The van der Waals surface area contributed by atoms with Gasteiger partial charge in [0.1, 0.15) is 0 Å². The second-order valence-electron chi connectivity index (χ2n) is 12.5. The molecule has 1 nitrogen and oxygen atoms in total. The summed E-state index contributed by atoms with van der Waals surface area (Å²) in [6, 6.07) is 51.9. The first kappa shape index (κ1) is 26.0. The highest BCUT2D eigenvalue weighted by Gasteiger charge is 2.27. The second kappa shape index (κ2) is 9.86. The van der Waals surface area contributed by atoms with Crippen molar-refractivity contribution in [3.63, 3.8) is 0 Å². The Morgan fingerprint density at radius 1 is 0.457 bits per heavy atom. The van der Waals surface area contributed by atoms with E-state index in [1.54, 1.807) is 0 Å². The molecule has 2 heteroatoms. The number of benzene rings is 8. The normalized spacial score (nSPS) is 12.2. The summed E-state index contributed by atoms with van der Waals surface area (Å²) in [6.45, 7) is 0.632. The maximum atomic E-state index is 6.19. The van der Waals surface area contributed by atoms with Gasteiger partial charge in [0, 0.05) is 26.1 Å². The van der Waals surface area contributed by atoms with Crippen LogP contribution in [-0.2, 0) is 6.42 Å². The van der Waals surface area contributed by atoms with Crippen molar-refractivity contribution in [1.29, 1.82) is 0 Å². The van der Waals surface area contributed by atoms with Gasteiger partial charge in [-0.25, -0.2) is 0 Å². The summed E-state index contributed by atoms with van der Waals surface area (Å²) in [5.74, 6) is 0. The fourth-order valence-electron chi connectivity index (χ4n) is 7.94. The lowest BCUT2D eigenvalue weighted by Gasteiger charge is -2.13. The molecule has 0 saturated heterocycles. The summed E-state index contributed by atoms with van der Waals surface area (Å²) in [4.78, 5) is 1.39. The zero-order valence-corrected chi connectivity index (χ0v) is 26.0. The van der Waals surface area contributed by atoms with E-state index >= 15 is 0 Å². The summed E-state index contributed by atoms with van der Waals surface area (Å²) < 4.78 is 1.37. The van der Waals surface area contributed by atoms with Crippen molar-refractivity contribution in [3.8, 4) is 43.8 Å². The third kappa shape index (κ3) is 3.66. The molecule has 1 aliphatic carbocycles. The number of nitrogens with two attached hydrogens (primary N) is 1. The zero-order valence-electron chi connectivity index (χ0n) is 25.2. The predicted octanol–water partition coefficient (Wildman–Crippen LogP) is 12.0. The molecule has 0 amide bonds. The number of hydrogen-bond donors (Lipinski definition) is 1. The van der Waals surface area contributed by atoms with Crippen molar-refractivity contribution in [2.45, 2.75) is 6.42 Å². The molecule has 0 radical (unpaired) electrons. The second-order valence-corrected chi connectivity index (χ2v) is 13.5. The molecule has 0 unspecified atom stereocenters. The van der Waals surface area contributed by atoms with Crippen molar-refractivity contribution >= 4 is 64.5 Å². The minimum Gasteiger partial charge on any atom is -0.330 e. The van der Waals surface area contributed by atoms with E-state index in [-0.39, 0.29) is 0 Å². The third-order valence-corrected chi connectivity index (χ3v) is 11.3. The summed E-state index contributed by atoms with van der Waals surface area (Å²) >= 11 is 1.93. The Bertz CT molecular complexity index is 2670. The Hall–Kier alpha value is -5.28. The van der Waals surface area contributed by atoms with E-state index in [1.807, 2.05) is 11.3 Å². The first-order chi connectivity index (χ1) is 22.8. The van der Waals surface area contributed by atoms with Crippen LogP contribution >= 0.6 is 11.3 Å². The minimum atomic E-state index is 0.632. The molecule has 9 aromatic rings. The van der Waals surface area contributed by atoms with Crippen LogP contribution in [0.25, 0.3) is 97.0 Å². The number of fused-ring (bicyclic) bond motifs is 11. The zero-order chi connectivity index (χ0) is 30.4. The average Bonchev–Trinajstić information content (AvgIpc) is 3.65. The quantitative estimate of drug-likeness (QED) is 0.199. The van der Waals surface area contributed by atoms with Gasteiger partial charge in [-0.05, 0) is 114 Å². The molecule has 0 saturated carbocycles. The van der Waals surface area contributed by atoms with Gasteiger partial charge in [-0.2, -0.15) is 0 Å². The first-order valence-corrected chi connectivity index (χ1v) is 16.8. The molecule has 216 valence electrons. The lowest BCUT2D eigenvalue weighted by Crippen LogP contribution is -2.03.